The first-order valence-corrected chi connectivity index (χ1v) is 7.84. The number of hydrogen-bond donors (Lipinski definition) is 1. The van der Waals surface area contributed by atoms with Crippen molar-refractivity contribution in [3.05, 3.63) is 30.1 Å². The molecular formula is C17H24FNO4. The minimum Gasteiger partial charge on any atom is -0.484 e. The lowest BCUT2D eigenvalue weighted by Crippen LogP contribution is -2.49. The Morgan fingerprint density at radius 2 is 2.30 bits per heavy atom. The number of hydrogen-bond acceptors (Lipinski definition) is 4. The van der Waals surface area contributed by atoms with Crippen LogP contribution in [-0.4, -0.2) is 55.9 Å². The molecule has 1 fully saturated rings. The molecule has 0 spiro atoms. The summed E-state index contributed by atoms with van der Waals surface area (Å²) in [4.78, 5) is 14.0. The average molecular weight is 325 g/mol. The minimum absolute atomic E-state index is 0.0326. The molecule has 1 atom stereocenters. The summed E-state index contributed by atoms with van der Waals surface area (Å²) in [5, 5.41) is 9.74. The Labute approximate surface area is 136 Å². The number of carbonyl (C=O) groups is 1. The minimum atomic E-state index is -0.396. The van der Waals surface area contributed by atoms with Crippen molar-refractivity contribution in [2.75, 3.05) is 40.0 Å². The first kappa shape index (κ1) is 17.7. The molecule has 1 N–H and O–H groups in total. The van der Waals surface area contributed by atoms with Gasteiger partial charge in [0.2, 0.25) is 0 Å². The van der Waals surface area contributed by atoms with Crippen LogP contribution in [0.15, 0.2) is 24.3 Å². The van der Waals surface area contributed by atoms with E-state index in [1.54, 1.807) is 18.1 Å². The molecule has 1 aliphatic heterocycles. The standard InChI is InChI=1S/C17H24FNO4/c1-22-9-7-17(13-20)6-3-8-19(12-17)16(21)11-23-15-5-2-4-14(18)10-15/h2,4-5,10,20H,3,6-9,11-13H2,1H3/t17-/m0/s1. The summed E-state index contributed by atoms with van der Waals surface area (Å²) < 4.78 is 23.6. The number of aliphatic hydroxyl groups is 1. The number of rotatable bonds is 7. The van der Waals surface area contributed by atoms with Gasteiger partial charge in [0.05, 0.1) is 6.61 Å². The van der Waals surface area contributed by atoms with Crippen LogP contribution in [0, 0.1) is 11.2 Å². The summed E-state index contributed by atoms with van der Waals surface area (Å²) in [6, 6.07) is 5.73. The molecule has 1 heterocycles. The van der Waals surface area contributed by atoms with Crippen LogP contribution in [0.4, 0.5) is 4.39 Å². The van der Waals surface area contributed by atoms with E-state index in [-0.39, 0.29) is 24.5 Å². The summed E-state index contributed by atoms with van der Waals surface area (Å²) in [6.07, 6.45) is 2.44. The Balaban J connectivity index is 1.90. The lowest BCUT2D eigenvalue weighted by atomic mass is 9.78. The third kappa shape index (κ3) is 4.91. The van der Waals surface area contributed by atoms with E-state index in [1.165, 1.54) is 18.2 Å². The van der Waals surface area contributed by atoms with Crippen LogP contribution >= 0.6 is 0 Å². The maximum Gasteiger partial charge on any atom is 0.260 e. The molecule has 1 amide bonds. The van der Waals surface area contributed by atoms with Crippen LogP contribution in [0.3, 0.4) is 0 Å². The number of carbonyl (C=O) groups excluding carboxylic acids is 1. The molecule has 0 saturated carbocycles. The van der Waals surface area contributed by atoms with Gasteiger partial charge in [-0.2, -0.15) is 0 Å². The van der Waals surface area contributed by atoms with Crippen LogP contribution in [0.25, 0.3) is 0 Å². The third-order valence-electron chi connectivity index (χ3n) is 4.34. The van der Waals surface area contributed by atoms with Crippen LogP contribution < -0.4 is 4.74 Å². The third-order valence-corrected chi connectivity index (χ3v) is 4.34. The van der Waals surface area contributed by atoms with Gasteiger partial charge in [-0.3, -0.25) is 4.79 Å². The Morgan fingerprint density at radius 3 is 3.00 bits per heavy atom. The molecule has 1 aliphatic rings. The molecule has 128 valence electrons. The number of methoxy groups -OCH3 is 1. The van der Waals surface area contributed by atoms with Crippen LogP contribution in [0.5, 0.6) is 5.75 Å². The van der Waals surface area contributed by atoms with E-state index in [4.69, 9.17) is 9.47 Å². The number of aliphatic hydroxyl groups excluding tert-OH is 1. The highest BCUT2D eigenvalue weighted by molar-refractivity contribution is 5.78. The fraction of sp³-hybridized carbons (Fsp3) is 0.588. The number of halogens is 1. The zero-order valence-corrected chi connectivity index (χ0v) is 13.5. The van der Waals surface area contributed by atoms with Gasteiger partial charge in [0, 0.05) is 38.3 Å². The second-order valence-corrected chi connectivity index (χ2v) is 6.07. The van der Waals surface area contributed by atoms with Crippen molar-refractivity contribution in [1.29, 1.82) is 0 Å². The van der Waals surface area contributed by atoms with Gasteiger partial charge in [0.1, 0.15) is 11.6 Å². The number of nitrogens with zero attached hydrogens (tertiary/aromatic N) is 1. The number of benzene rings is 1. The zero-order chi connectivity index (χ0) is 16.7. The van der Waals surface area contributed by atoms with Gasteiger partial charge < -0.3 is 19.5 Å². The number of piperidine rings is 1. The molecule has 2 rings (SSSR count). The summed E-state index contributed by atoms with van der Waals surface area (Å²) >= 11 is 0. The Hall–Kier alpha value is -1.66. The summed E-state index contributed by atoms with van der Waals surface area (Å²) in [5.41, 5.74) is -0.303. The normalized spacial score (nSPS) is 21.3. The highest BCUT2D eigenvalue weighted by atomic mass is 19.1. The van der Waals surface area contributed by atoms with Gasteiger partial charge in [0.15, 0.2) is 6.61 Å². The Kier molecular flexibility index (Phi) is 6.36. The molecule has 1 saturated heterocycles. The second-order valence-electron chi connectivity index (χ2n) is 6.07. The van der Waals surface area contributed by atoms with E-state index in [1.807, 2.05) is 0 Å². The van der Waals surface area contributed by atoms with Gasteiger partial charge >= 0.3 is 0 Å². The van der Waals surface area contributed by atoms with E-state index < -0.39 is 5.82 Å². The molecule has 6 heteroatoms. The maximum absolute atomic E-state index is 13.1. The smallest absolute Gasteiger partial charge is 0.260 e. The summed E-state index contributed by atoms with van der Waals surface area (Å²) in [6.45, 7) is 1.61. The molecule has 0 bridgehead atoms. The largest absolute Gasteiger partial charge is 0.484 e. The van der Waals surface area contributed by atoms with Crippen molar-refractivity contribution in [2.24, 2.45) is 5.41 Å². The van der Waals surface area contributed by atoms with Crippen molar-refractivity contribution < 1.29 is 23.8 Å². The summed E-state index contributed by atoms with van der Waals surface area (Å²) in [7, 11) is 1.63. The number of ether oxygens (including phenoxy) is 2. The topological polar surface area (TPSA) is 59.0 Å². The Morgan fingerprint density at radius 1 is 1.48 bits per heavy atom. The van der Waals surface area contributed by atoms with E-state index in [0.29, 0.717) is 31.9 Å². The van der Waals surface area contributed by atoms with Crippen molar-refractivity contribution in [3.8, 4) is 5.75 Å². The highest BCUT2D eigenvalue weighted by Gasteiger charge is 2.36. The van der Waals surface area contributed by atoms with Crippen LogP contribution in [0.2, 0.25) is 0 Å². The first-order chi connectivity index (χ1) is 11.1. The molecule has 0 aliphatic carbocycles. The number of amides is 1. The quantitative estimate of drug-likeness (QED) is 0.831. The molecule has 0 unspecified atom stereocenters. The predicted molar refractivity (Wildman–Crippen MR) is 83.7 cm³/mol. The van der Waals surface area contributed by atoms with Gasteiger partial charge in [-0.25, -0.2) is 4.39 Å². The lowest BCUT2D eigenvalue weighted by Gasteiger charge is -2.41. The maximum atomic E-state index is 13.1. The highest BCUT2D eigenvalue weighted by Crippen LogP contribution is 2.33. The monoisotopic (exact) mass is 325 g/mol. The van der Waals surface area contributed by atoms with Crippen molar-refractivity contribution >= 4 is 5.91 Å². The molecule has 0 aromatic heterocycles. The molecular weight excluding hydrogens is 301 g/mol. The first-order valence-electron chi connectivity index (χ1n) is 7.84. The molecule has 1 aromatic rings. The van der Waals surface area contributed by atoms with Crippen LogP contribution in [0.1, 0.15) is 19.3 Å². The zero-order valence-electron chi connectivity index (χ0n) is 13.5. The molecule has 23 heavy (non-hydrogen) atoms. The lowest BCUT2D eigenvalue weighted by molar-refractivity contribution is -0.138. The van der Waals surface area contributed by atoms with E-state index in [0.717, 1.165) is 12.8 Å². The SMILES string of the molecule is COCC[C@@]1(CO)CCCN(C(=O)COc2cccc(F)c2)C1. The fourth-order valence-electron chi connectivity index (χ4n) is 2.94. The van der Waals surface area contributed by atoms with Crippen LogP contribution in [-0.2, 0) is 9.53 Å². The van der Waals surface area contributed by atoms with Crippen molar-refractivity contribution in [2.45, 2.75) is 19.3 Å². The van der Waals surface area contributed by atoms with Gasteiger partial charge in [-0.05, 0) is 31.4 Å². The van der Waals surface area contributed by atoms with Gasteiger partial charge in [0.25, 0.3) is 5.91 Å². The molecule has 5 nitrogen and oxygen atoms in total. The van der Waals surface area contributed by atoms with E-state index >= 15 is 0 Å². The number of likely N-dealkylation sites (tertiary alicyclic amines) is 1. The van der Waals surface area contributed by atoms with Crippen molar-refractivity contribution in [3.63, 3.8) is 0 Å². The second kappa shape index (κ2) is 8.26. The average Bonchev–Trinajstić information content (AvgIpc) is 2.58. The van der Waals surface area contributed by atoms with E-state index in [2.05, 4.69) is 0 Å². The molecule has 0 radical (unpaired) electrons. The predicted octanol–water partition coefficient (Wildman–Crippen LogP) is 1.84. The summed E-state index contributed by atoms with van der Waals surface area (Å²) in [5.74, 6) is -0.209. The molecule has 1 aromatic carbocycles. The van der Waals surface area contributed by atoms with Crippen molar-refractivity contribution in [1.82, 2.24) is 4.90 Å². The Bertz CT molecular complexity index is 525. The van der Waals surface area contributed by atoms with Gasteiger partial charge in [-0.1, -0.05) is 6.07 Å². The fourth-order valence-corrected chi connectivity index (χ4v) is 2.94. The van der Waals surface area contributed by atoms with E-state index in [9.17, 15) is 14.3 Å². The van der Waals surface area contributed by atoms with Gasteiger partial charge in [-0.15, -0.1) is 0 Å².